The van der Waals surface area contributed by atoms with Crippen molar-refractivity contribution in [2.75, 3.05) is 62.3 Å². The Morgan fingerprint density at radius 2 is 2.13 bits per heavy atom. The standard InChI is InChI=1S/C26H32ClN9O2S/c1-3-39-13-10-34(25-21-19(14-28)15-29-23(21)30-17-31-25)16-18(2)24-32-36-5-4-20(27)22(36)26(37)35(24)7-6-33-8-11-38-12-9-33/h4-5,15,17-18H,3,6-13,16H2,1-2H3,(H,29,30,31). The first kappa shape index (κ1) is 27.5. The third-order valence-corrected chi connectivity index (χ3v) is 8.19. The average molecular weight is 570 g/mol. The Morgan fingerprint density at radius 3 is 2.90 bits per heavy atom. The first-order valence-electron chi connectivity index (χ1n) is 13.1. The number of nitriles is 1. The second kappa shape index (κ2) is 12.4. The van der Waals surface area contributed by atoms with Gasteiger partial charge in [0.15, 0.2) is 0 Å². The molecule has 1 fully saturated rings. The third kappa shape index (κ3) is 5.77. The van der Waals surface area contributed by atoms with Gasteiger partial charge in [0.2, 0.25) is 0 Å². The predicted octanol–water partition coefficient (Wildman–Crippen LogP) is 2.99. The summed E-state index contributed by atoms with van der Waals surface area (Å²) >= 11 is 8.23. The van der Waals surface area contributed by atoms with Crippen molar-refractivity contribution in [2.45, 2.75) is 26.3 Å². The molecule has 0 bridgehead atoms. The SMILES string of the molecule is CCSCCN(CC(C)c1nn2ccc(Cl)c2c(=O)n1CCN1CCOCC1)c1ncnc2[nH]cc(C#N)c12. The molecule has 0 radical (unpaired) electrons. The van der Waals surface area contributed by atoms with E-state index in [1.807, 2.05) is 11.8 Å². The number of H-pyrrole nitrogens is 1. The van der Waals surface area contributed by atoms with Crippen LogP contribution in [0.2, 0.25) is 5.02 Å². The number of aromatic amines is 1. The third-order valence-electron chi connectivity index (χ3n) is 7.01. The summed E-state index contributed by atoms with van der Waals surface area (Å²) in [5.41, 5.74) is 1.37. The number of halogens is 1. The molecule has 1 atom stereocenters. The van der Waals surface area contributed by atoms with Gasteiger partial charge in [-0.25, -0.2) is 14.5 Å². The molecule has 1 aliphatic heterocycles. The summed E-state index contributed by atoms with van der Waals surface area (Å²) in [5.74, 6) is 3.15. The number of thioether (sulfide) groups is 1. The molecular weight excluding hydrogens is 538 g/mol. The number of hydrogen-bond acceptors (Lipinski definition) is 9. The minimum atomic E-state index is -0.148. The van der Waals surface area contributed by atoms with Crippen LogP contribution in [-0.4, -0.2) is 91.5 Å². The lowest BCUT2D eigenvalue weighted by Crippen LogP contribution is -2.41. The summed E-state index contributed by atoms with van der Waals surface area (Å²) in [5, 5.41) is 15.7. The van der Waals surface area contributed by atoms with Gasteiger partial charge in [0.25, 0.3) is 5.56 Å². The zero-order valence-electron chi connectivity index (χ0n) is 22.1. The number of fused-ring (bicyclic) bond motifs is 2. The molecule has 4 aromatic heterocycles. The van der Waals surface area contributed by atoms with Crippen molar-refractivity contribution in [1.29, 1.82) is 5.26 Å². The summed E-state index contributed by atoms with van der Waals surface area (Å²) in [4.78, 5) is 30.2. The van der Waals surface area contributed by atoms with Gasteiger partial charge in [-0.2, -0.15) is 22.1 Å². The van der Waals surface area contributed by atoms with Crippen molar-refractivity contribution >= 4 is 45.7 Å². The summed E-state index contributed by atoms with van der Waals surface area (Å²) in [6, 6.07) is 3.96. The Hall–Kier alpha value is -3.11. The second-order valence-electron chi connectivity index (χ2n) is 9.50. The summed E-state index contributed by atoms with van der Waals surface area (Å²) < 4.78 is 8.84. The summed E-state index contributed by atoms with van der Waals surface area (Å²) in [6.07, 6.45) is 4.91. The average Bonchev–Trinajstić information content (AvgIpc) is 3.55. The molecule has 0 spiro atoms. The van der Waals surface area contributed by atoms with Gasteiger partial charge >= 0.3 is 0 Å². The minimum absolute atomic E-state index is 0.130. The molecule has 206 valence electrons. The number of rotatable bonds is 11. The molecule has 13 heteroatoms. The highest BCUT2D eigenvalue weighted by molar-refractivity contribution is 7.99. The van der Waals surface area contributed by atoms with E-state index in [4.69, 9.17) is 21.4 Å². The van der Waals surface area contributed by atoms with Gasteiger partial charge in [0.05, 0.1) is 29.2 Å². The molecule has 4 aromatic rings. The Bertz CT molecular complexity index is 1540. The van der Waals surface area contributed by atoms with Crippen molar-refractivity contribution in [3.05, 3.63) is 51.6 Å². The highest BCUT2D eigenvalue weighted by atomic mass is 35.5. The minimum Gasteiger partial charge on any atom is -0.379 e. The fourth-order valence-corrected chi connectivity index (χ4v) is 5.88. The van der Waals surface area contributed by atoms with E-state index in [1.165, 1.54) is 6.33 Å². The van der Waals surface area contributed by atoms with Gasteiger partial charge in [0.1, 0.15) is 35.2 Å². The van der Waals surface area contributed by atoms with Crippen LogP contribution < -0.4 is 10.5 Å². The molecule has 0 aliphatic carbocycles. The fraction of sp³-hybridized carbons (Fsp3) is 0.500. The predicted molar refractivity (Wildman–Crippen MR) is 154 cm³/mol. The second-order valence-corrected chi connectivity index (χ2v) is 11.3. The van der Waals surface area contributed by atoms with Gasteiger partial charge in [-0.05, 0) is 11.8 Å². The Morgan fingerprint density at radius 1 is 1.31 bits per heavy atom. The molecule has 0 saturated carbocycles. The molecule has 1 saturated heterocycles. The van der Waals surface area contributed by atoms with E-state index in [0.29, 0.717) is 65.1 Å². The van der Waals surface area contributed by atoms with E-state index in [2.05, 4.69) is 44.7 Å². The first-order chi connectivity index (χ1) is 19.0. The van der Waals surface area contributed by atoms with Crippen LogP contribution in [0, 0.1) is 11.3 Å². The molecule has 5 heterocycles. The number of morpholine rings is 1. The number of hydrogen-bond donors (Lipinski definition) is 1. The number of nitrogens with one attached hydrogen (secondary N) is 1. The van der Waals surface area contributed by atoms with Crippen molar-refractivity contribution in [3.8, 4) is 6.07 Å². The van der Waals surface area contributed by atoms with Crippen molar-refractivity contribution in [1.82, 2.24) is 34.0 Å². The monoisotopic (exact) mass is 569 g/mol. The van der Waals surface area contributed by atoms with E-state index < -0.39 is 0 Å². The number of aromatic nitrogens is 6. The van der Waals surface area contributed by atoms with Crippen LogP contribution in [0.15, 0.2) is 29.6 Å². The number of ether oxygens (including phenoxy) is 1. The summed E-state index contributed by atoms with van der Waals surface area (Å²) in [7, 11) is 0. The van der Waals surface area contributed by atoms with Crippen LogP contribution >= 0.6 is 23.4 Å². The maximum Gasteiger partial charge on any atom is 0.279 e. The van der Waals surface area contributed by atoms with Crippen molar-refractivity contribution in [2.24, 2.45) is 0 Å². The van der Waals surface area contributed by atoms with E-state index in [1.54, 1.807) is 27.5 Å². The Labute approximate surface area is 235 Å². The molecule has 1 unspecified atom stereocenters. The van der Waals surface area contributed by atoms with E-state index in [0.717, 1.165) is 37.7 Å². The van der Waals surface area contributed by atoms with Crippen molar-refractivity contribution < 1.29 is 4.74 Å². The fourth-order valence-electron chi connectivity index (χ4n) is 5.01. The van der Waals surface area contributed by atoms with Crippen LogP contribution in [-0.2, 0) is 11.3 Å². The normalized spacial score (nSPS) is 15.1. The molecule has 39 heavy (non-hydrogen) atoms. The Kier molecular flexibility index (Phi) is 8.72. The lowest BCUT2D eigenvalue weighted by molar-refractivity contribution is 0.0361. The topological polar surface area (TPSA) is 120 Å². The lowest BCUT2D eigenvalue weighted by Gasteiger charge is -2.29. The molecule has 5 rings (SSSR count). The molecule has 1 aliphatic rings. The van der Waals surface area contributed by atoms with Crippen LogP contribution in [0.1, 0.15) is 31.2 Å². The largest absolute Gasteiger partial charge is 0.379 e. The highest BCUT2D eigenvalue weighted by Crippen LogP contribution is 2.28. The smallest absolute Gasteiger partial charge is 0.279 e. The van der Waals surface area contributed by atoms with Crippen LogP contribution in [0.5, 0.6) is 0 Å². The maximum absolute atomic E-state index is 13.7. The van der Waals surface area contributed by atoms with E-state index >= 15 is 0 Å². The molecule has 0 amide bonds. The highest BCUT2D eigenvalue weighted by Gasteiger charge is 2.24. The van der Waals surface area contributed by atoms with E-state index in [-0.39, 0.29) is 11.5 Å². The van der Waals surface area contributed by atoms with E-state index in [9.17, 15) is 10.1 Å². The first-order valence-corrected chi connectivity index (χ1v) is 14.7. The summed E-state index contributed by atoms with van der Waals surface area (Å²) in [6.45, 7) is 9.78. The quantitative estimate of drug-likeness (QED) is 0.272. The van der Waals surface area contributed by atoms with Crippen LogP contribution in [0.25, 0.3) is 16.6 Å². The zero-order chi connectivity index (χ0) is 27.4. The van der Waals surface area contributed by atoms with Gasteiger partial charge in [0, 0.05) is 63.3 Å². The number of anilines is 1. The van der Waals surface area contributed by atoms with Crippen molar-refractivity contribution in [3.63, 3.8) is 0 Å². The van der Waals surface area contributed by atoms with Gasteiger partial charge in [-0.15, -0.1) is 0 Å². The zero-order valence-corrected chi connectivity index (χ0v) is 23.7. The Balaban J connectivity index is 1.51. The molecule has 0 aromatic carbocycles. The molecule has 11 nitrogen and oxygen atoms in total. The van der Waals surface area contributed by atoms with Gasteiger partial charge < -0.3 is 14.6 Å². The molecule has 1 N–H and O–H groups in total. The van der Waals surface area contributed by atoms with Crippen LogP contribution in [0.4, 0.5) is 5.82 Å². The lowest BCUT2D eigenvalue weighted by atomic mass is 10.1. The van der Waals surface area contributed by atoms with Crippen LogP contribution in [0.3, 0.4) is 0 Å². The maximum atomic E-state index is 13.7. The molecular formula is C26H32ClN9O2S. The van der Waals surface area contributed by atoms with Gasteiger partial charge in [-0.3, -0.25) is 14.3 Å². The number of nitrogens with zero attached hydrogens (tertiary/aromatic N) is 8. The van der Waals surface area contributed by atoms with Gasteiger partial charge in [-0.1, -0.05) is 25.4 Å².